The Hall–Kier alpha value is -2.10. The van der Waals surface area contributed by atoms with Crippen molar-refractivity contribution in [3.8, 4) is 0 Å². The molecule has 1 aromatic rings. The molecule has 0 saturated heterocycles. The molecule has 1 amide bonds. The van der Waals surface area contributed by atoms with Crippen LogP contribution in [0.3, 0.4) is 0 Å². The first-order chi connectivity index (χ1) is 8.72. The molecule has 0 fully saturated rings. The quantitative estimate of drug-likeness (QED) is 0.615. The molecule has 0 aliphatic carbocycles. The summed E-state index contributed by atoms with van der Waals surface area (Å²) >= 11 is 0. The molecule has 0 aliphatic rings. The van der Waals surface area contributed by atoms with E-state index < -0.39 is 0 Å². The van der Waals surface area contributed by atoms with E-state index in [1.165, 1.54) is 6.08 Å². The Balaban J connectivity index is 2.26. The number of carbonyl (C=O) groups excluding carboxylic acids is 2. The smallest absolute Gasteiger partial charge is 0.307 e. The first kappa shape index (κ1) is 14.0. The lowest BCUT2D eigenvalue weighted by Crippen LogP contribution is -2.24. The maximum atomic E-state index is 11.4. The minimum Gasteiger partial charge on any atom is -0.466 e. The van der Waals surface area contributed by atoms with Crippen LogP contribution in [0, 0.1) is 0 Å². The van der Waals surface area contributed by atoms with Crippen molar-refractivity contribution in [3.05, 3.63) is 42.0 Å². The summed E-state index contributed by atoms with van der Waals surface area (Å²) in [6, 6.07) is 9.53. The molecule has 0 unspecified atom stereocenters. The van der Waals surface area contributed by atoms with Gasteiger partial charge in [0, 0.05) is 12.6 Å². The minimum absolute atomic E-state index is 0.193. The fraction of sp³-hybridized carbons (Fsp3) is 0.286. The van der Waals surface area contributed by atoms with E-state index in [0.717, 1.165) is 5.56 Å². The van der Waals surface area contributed by atoms with Crippen LogP contribution >= 0.6 is 0 Å². The molecule has 18 heavy (non-hydrogen) atoms. The highest BCUT2D eigenvalue weighted by Gasteiger charge is 2.01. The van der Waals surface area contributed by atoms with Crippen molar-refractivity contribution in [2.75, 3.05) is 13.2 Å². The number of hydrogen-bond acceptors (Lipinski definition) is 3. The third-order valence-electron chi connectivity index (χ3n) is 2.16. The van der Waals surface area contributed by atoms with Gasteiger partial charge in [0.1, 0.15) is 0 Å². The summed E-state index contributed by atoms with van der Waals surface area (Å²) in [6.07, 6.45) is 3.36. The zero-order valence-corrected chi connectivity index (χ0v) is 10.4. The number of carbonyl (C=O) groups is 2. The number of hydrogen-bond donors (Lipinski definition) is 1. The summed E-state index contributed by atoms with van der Waals surface area (Å²) in [6.45, 7) is 2.40. The van der Waals surface area contributed by atoms with E-state index in [1.807, 2.05) is 30.3 Å². The van der Waals surface area contributed by atoms with E-state index in [1.54, 1.807) is 13.0 Å². The SMILES string of the molecule is CCOC(=O)CCNC(=O)C=Cc1ccccc1. The summed E-state index contributed by atoms with van der Waals surface area (Å²) < 4.78 is 4.74. The van der Waals surface area contributed by atoms with Gasteiger partial charge in [-0.25, -0.2) is 0 Å². The Morgan fingerprint density at radius 3 is 2.67 bits per heavy atom. The van der Waals surface area contributed by atoms with Crippen LogP contribution in [0.15, 0.2) is 36.4 Å². The maximum absolute atomic E-state index is 11.4. The van der Waals surface area contributed by atoms with Crippen molar-refractivity contribution < 1.29 is 14.3 Å². The largest absolute Gasteiger partial charge is 0.466 e. The second kappa shape index (κ2) is 8.06. The highest BCUT2D eigenvalue weighted by molar-refractivity contribution is 5.91. The summed E-state index contributed by atoms with van der Waals surface area (Å²) in [5.74, 6) is -0.520. The predicted molar refractivity (Wildman–Crippen MR) is 69.7 cm³/mol. The molecule has 0 saturated carbocycles. The Bertz CT molecular complexity index is 412. The van der Waals surface area contributed by atoms with Crippen molar-refractivity contribution >= 4 is 18.0 Å². The average Bonchev–Trinajstić information content (AvgIpc) is 2.38. The third kappa shape index (κ3) is 5.84. The molecule has 0 bridgehead atoms. The van der Waals surface area contributed by atoms with Crippen LogP contribution in [-0.4, -0.2) is 25.0 Å². The molecule has 0 heterocycles. The highest BCUT2D eigenvalue weighted by Crippen LogP contribution is 2.00. The van der Waals surface area contributed by atoms with E-state index >= 15 is 0 Å². The fourth-order valence-electron chi connectivity index (χ4n) is 1.32. The number of rotatable bonds is 6. The summed E-state index contributed by atoms with van der Waals surface area (Å²) in [7, 11) is 0. The van der Waals surface area contributed by atoms with Gasteiger partial charge in [-0.3, -0.25) is 9.59 Å². The number of amides is 1. The van der Waals surface area contributed by atoms with E-state index in [9.17, 15) is 9.59 Å². The topological polar surface area (TPSA) is 55.4 Å². The standard InChI is InChI=1S/C14H17NO3/c1-2-18-14(17)10-11-15-13(16)9-8-12-6-4-3-5-7-12/h3-9H,2,10-11H2,1H3,(H,15,16). The normalized spacial score (nSPS) is 10.3. The Morgan fingerprint density at radius 2 is 2.00 bits per heavy atom. The summed E-state index contributed by atoms with van der Waals surface area (Å²) in [4.78, 5) is 22.4. The Morgan fingerprint density at radius 1 is 1.28 bits per heavy atom. The van der Waals surface area contributed by atoms with Crippen LogP contribution in [-0.2, 0) is 14.3 Å². The molecule has 1 N–H and O–H groups in total. The van der Waals surface area contributed by atoms with E-state index in [0.29, 0.717) is 6.61 Å². The van der Waals surface area contributed by atoms with Gasteiger partial charge in [0.15, 0.2) is 0 Å². The number of benzene rings is 1. The van der Waals surface area contributed by atoms with Gasteiger partial charge in [-0.05, 0) is 18.6 Å². The first-order valence-electron chi connectivity index (χ1n) is 5.89. The fourth-order valence-corrected chi connectivity index (χ4v) is 1.32. The van der Waals surface area contributed by atoms with Crippen LogP contribution in [0.25, 0.3) is 6.08 Å². The zero-order chi connectivity index (χ0) is 13.2. The molecule has 96 valence electrons. The van der Waals surface area contributed by atoms with Crippen LogP contribution in [0.2, 0.25) is 0 Å². The van der Waals surface area contributed by atoms with Crippen molar-refractivity contribution in [2.24, 2.45) is 0 Å². The molecule has 1 rings (SSSR count). The maximum Gasteiger partial charge on any atom is 0.307 e. The molecule has 0 aromatic heterocycles. The molecule has 0 atom stereocenters. The Kier molecular flexibility index (Phi) is 6.25. The molecule has 0 spiro atoms. The second-order valence-electron chi connectivity index (χ2n) is 3.59. The van der Waals surface area contributed by atoms with Gasteiger partial charge < -0.3 is 10.1 Å². The molecular weight excluding hydrogens is 230 g/mol. The van der Waals surface area contributed by atoms with Gasteiger partial charge in [0.05, 0.1) is 13.0 Å². The molecule has 4 heteroatoms. The lowest BCUT2D eigenvalue weighted by molar-refractivity contribution is -0.142. The van der Waals surface area contributed by atoms with E-state index in [-0.39, 0.29) is 24.8 Å². The van der Waals surface area contributed by atoms with Gasteiger partial charge in [0.25, 0.3) is 0 Å². The third-order valence-corrected chi connectivity index (χ3v) is 2.16. The van der Waals surface area contributed by atoms with Crippen molar-refractivity contribution in [1.82, 2.24) is 5.32 Å². The lowest BCUT2D eigenvalue weighted by Gasteiger charge is -2.02. The summed E-state index contributed by atoms with van der Waals surface area (Å²) in [5.41, 5.74) is 0.957. The zero-order valence-electron chi connectivity index (χ0n) is 10.4. The number of esters is 1. The van der Waals surface area contributed by atoms with Crippen molar-refractivity contribution in [2.45, 2.75) is 13.3 Å². The Labute approximate surface area is 107 Å². The van der Waals surface area contributed by atoms with Gasteiger partial charge in [-0.1, -0.05) is 30.3 Å². The first-order valence-corrected chi connectivity index (χ1v) is 5.89. The molecular formula is C14H17NO3. The molecule has 0 aliphatic heterocycles. The number of nitrogens with one attached hydrogen (secondary N) is 1. The van der Waals surface area contributed by atoms with E-state index in [2.05, 4.69) is 5.32 Å². The van der Waals surface area contributed by atoms with Crippen LogP contribution in [0.1, 0.15) is 18.9 Å². The average molecular weight is 247 g/mol. The van der Waals surface area contributed by atoms with Gasteiger partial charge >= 0.3 is 5.97 Å². The van der Waals surface area contributed by atoms with Crippen molar-refractivity contribution in [3.63, 3.8) is 0 Å². The summed E-state index contributed by atoms with van der Waals surface area (Å²) in [5, 5.41) is 2.62. The van der Waals surface area contributed by atoms with E-state index in [4.69, 9.17) is 4.74 Å². The van der Waals surface area contributed by atoms with Crippen LogP contribution in [0.5, 0.6) is 0 Å². The molecule has 4 nitrogen and oxygen atoms in total. The minimum atomic E-state index is -0.301. The monoisotopic (exact) mass is 247 g/mol. The van der Waals surface area contributed by atoms with Crippen LogP contribution < -0.4 is 5.32 Å². The van der Waals surface area contributed by atoms with Crippen molar-refractivity contribution in [1.29, 1.82) is 0 Å². The molecule has 1 aromatic carbocycles. The van der Waals surface area contributed by atoms with Gasteiger partial charge in [-0.15, -0.1) is 0 Å². The van der Waals surface area contributed by atoms with Gasteiger partial charge in [0.2, 0.25) is 5.91 Å². The number of ether oxygens (including phenoxy) is 1. The lowest BCUT2D eigenvalue weighted by atomic mass is 10.2. The van der Waals surface area contributed by atoms with Gasteiger partial charge in [-0.2, -0.15) is 0 Å². The van der Waals surface area contributed by atoms with Crippen LogP contribution in [0.4, 0.5) is 0 Å². The second-order valence-corrected chi connectivity index (χ2v) is 3.59. The molecule has 0 radical (unpaired) electrons. The predicted octanol–water partition coefficient (Wildman–Crippen LogP) is 1.77. The highest BCUT2D eigenvalue weighted by atomic mass is 16.5.